The molecule has 142 valence electrons. The van der Waals surface area contributed by atoms with E-state index >= 15 is 0 Å². The van der Waals surface area contributed by atoms with E-state index in [9.17, 15) is 0 Å². The van der Waals surface area contributed by atoms with E-state index in [1.54, 1.807) is 0 Å². The molecule has 2 saturated heterocycles. The molecule has 0 bridgehead atoms. The van der Waals surface area contributed by atoms with Crippen molar-refractivity contribution in [1.82, 2.24) is 25.6 Å². The van der Waals surface area contributed by atoms with Gasteiger partial charge in [0.25, 0.3) is 0 Å². The second kappa shape index (κ2) is 7.78. The molecule has 3 aromatic rings. The normalized spacial score (nSPS) is 27.1. The summed E-state index contributed by atoms with van der Waals surface area (Å²) in [4.78, 5) is 14.0. The van der Waals surface area contributed by atoms with Crippen molar-refractivity contribution >= 4 is 0 Å². The fourth-order valence-electron chi connectivity index (χ4n) is 4.44. The Morgan fingerprint density at radius 2 is 0.964 bits per heavy atom. The van der Waals surface area contributed by atoms with Crippen LogP contribution in [0.2, 0.25) is 0 Å². The fourth-order valence-corrected chi connectivity index (χ4v) is 4.44. The average Bonchev–Trinajstić information content (AvgIpc) is 3.46. The predicted molar refractivity (Wildman–Crippen MR) is 108 cm³/mol. The Morgan fingerprint density at radius 3 is 1.39 bits per heavy atom. The van der Waals surface area contributed by atoms with Gasteiger partial charge in [0, 0.05) is 12.4 Å². The van der Waals surface area contributed by atoms with Gasteiger partial charge in [-0.1, -0.05) is 18.2 Å². The van der Waals surface area contributed by atoms with E-state index in [1.807, 2.05) is 24.5 Å². The van der Waals surface area contributed by atoms with Crippen LogP contribution in [0.25, 0.3) is 0 Å². The molecule has 2 aliphatic rings. The van der Waals surface area contributed by atoms with E-state index in [0.29, 0.717) is 24.2 Å². The van der Waals surface area contributed by atoms with E-state index in [2.05, 4.69) is 63.1 Å². The fraction of sp³-hybridized carbons (Fsp3) is 0.348. The van der Waals surface area contributed by atoms with Gasteiger partial charge in [-0.3, -0.25) is 15.0 Å². The van der Waals surface area contributed by atoms with Crippen LogP contribution in [0, 0.1) is 0 Å². The molecule has 0 radical (unpaired) electrons. The summed E-state index contributed by atoms with van der Waals surface area (Å²) in [5, 5.41) is 7.44. The molecule has 2 N–H and O–H groups in total. The highest BCUT2D eigenvalue weighted by atomic mass is 15.1. The van der Waals surface area contributed by atoms with Gasteiger partial charge < -0.3 is 10.6 Å². The summed E-state index contributed by atoms with van der Waals surface area (Å²) in [5.41, 5.74) is 4.52. The average molecular weight is 371 g/mol. The second-order valence-corrected chi connectivity index (χ2v) is 7.69. The van der Waals surface area contributed by atoms with Crippen molar-refractivity contribution in [2.45, 2.75) is 49.9 Å². The molecule has 0 aromatic carbocycles. The first kappa shape index (κ1) is 17.5. The standard InChI is InChI=1S/C23H25N5/c1-3-14-24-16(6-1)20-10-12-22(27-20)18-8-5-9-19(26-18)23-13-11-21(28-23)17-7-2-4-15-25-17/h1-9,14-15,20-23,27-28H,10-13H2. The summed E-state index contributed by atoms with van der Waals surface area (Å²) in [5.74, 6) is 0. The Kier molecular flexibility index (Phi) is 4.85. The van der Waals surface area contributed by atoms with E-state index in [-0.39, 0.29) is 0 Å². The van der Waals surface area contributed by atoms with Gasteiger partial charge in [0.1, 0.15) is 0 Å². The zero-order valence-corrected chi connectivity index (χ0v) is 15.8. The Morgan fingerprint density at radius 1 is 0.536 bits per heavy atom. The predicted octanol–water partition coefficient (Wildman–Crippen LogP) is 4.20. The van der Waals surface area contributed by atoms with Gasteiger partial charge in [0.2, 0.25) is 0 Å². The molecule has 5 heterocycles. The quantitative estimate of drug-likeness (QED) is 0.720. The van der Waals surface area contributed by atoms with Crippen molar-refractivity contribution in [2.24, 2.45) is 0 Å². The van der Waals surface area contributed by atoms with Crippen LogP contribution in [-0.4, -0.2) is 15.0 Å². The van der Waals surface area contributed by atoms with Crippen LogP contribution in [-0.2, 0) is 0 Å². The largest absolute Gasteiger partial charge is 0.300 e. The van der Waals surface area contributed by atoms with Gasteiger partial charge in [0.15, 0.2) is 0 Å². The molecule has 0 spiro atoms. The Balaban J connectivity index is 1.28. The highest BCUT2D eigenvalue weighted by molar-refractivity contribution is 5.22. The minimum atomic E-state index is 0.292. The van der Waals surface area contributed by atoms with Gasteiger partial charge in [-0.25, -0.2) is 0 Å². The van der Waals surface area contributed by atoms with Gasteiger partial charge in [0.05, 0.1) is 46.9 Å². The molecule has 4 atom stereocenters. The third-order valence-electron chi connectivity index (χ3n) is 5.89. The van der Waals surface area contributed by atoms with Crippen LogP contribution in [0.5, 0.6) is 0 Å². The van der Waals surface area contributed by atoms with Crippen molar-refractivity contribution in [3.63, 3.8) is 0 Å². The minimum absolute atomic E-state index is 0.292. The van der Waals surface area contributed by atoms with E-state index < -0.39 is 0 Å². The second-order valence-electron chi connectivity index (χ2n) is 7.69. The SMILES string of the molecule is c1ccc(C2CCC(c3cccc(C4CCC(c5ccccn5)N4)n3)N2)nc1. The molecule has 5 nitrogen and oxygen atoms in total. The summed E-state index contributed by atoms with van der Waals surface area (Å²) < 4.78 is 0. The third kappa shape index (κ3) is 3.55. The minimum Gasteiger partial charge on any atom is -0.300 e. The summed E-state index contributed by atoms with van der Waals surface area (Å²) in [6, 6.07) is 19.9. The Labute approximate surface area is 165 Å². The molecule has 5 heteroatoms. The molecule has 5 rings (SSSR count). The van der Waals surface area contributed by atoms with Gasteiger partial charge in [-0.2, -0.15) is 0 Å². The molecule has 0 saturated carbocycles. The van der Waals surface area contributed by atoms with Crippen molar-refractivity contribution in [2.75, 3.05) is 0 Å². The van der Waals surface area contributed by atoms with Gasteiger partial charge in [-0.15, -0.1) is 0 Å². The summed E-state index contributed by atoms with van der Waals surface area (Å²) in [6.45, 7) is 0. The number of hydrogen-bond donors (Lipinski definition) is 2. The van der Waals surface area contributed by atoms with E-state index in [1.165, 1.54) is 0 Å². The molecule has 0 aliphatic carbocycles. The lowest BCUT2D eigenvalue weighted by Gasteiger charge is -2.17. The summed E-state index contributed by atoms with van der Waals surface area (Å²) >= 11 is 0. The van der Waals surface area contributed by atoms with Crippen molar-refractivity contribution in [3.05, 3.63) is 89.8 Å². The lowest BCUT2D eigenvalue weighted by atomic mass is 10.1. The Hall–Kier alpha value is -2.63. The van der Waals surface area contributed by atoms with Crippen LogP contribution in [0.15, 0.2) is 67.0 Å². The lowest BCUT2D eigenvalue weighted by Crippen LogP contribution is -2.22. The smallest absolute Gasteiger partial charge is 0.0577 e. The number of pyridine rings is 3. The van der Waals surface area contributed by atoms with Crippen LogP contribution in [0.4, 0.5) is 0 Å². The number of rotatable bonds is 4. The molecule has 2 fully saturated rings. The highest BCUT2D eigenvalue weighted by Crippen LogP contribution is 2.35. The molecule has 3 aromatic heterocycles. The monoisotopic (exact) mass is 371 g/mol. The van der Waals surface area contributed by atoms with Crippen molar-refractivity contribution in [3.8, 4) is 0 Å². The molecular weight excluding hydrogens is 346 g/mol. The van der Waals surface area contributed by atoms with Gasteiger partial charge in [-0.05, 0) is 62.1 Å². The van der Waals surface area contributed by atoms with Crippen LogP contribution in [0.1, 0.15) is 72.6 Å². The third-order valence-corrected chi connectivity index (χ3v) is 5.89. The number of nitrogens with zero attached hydrogens (tertiary/aromatic N) is 3. The first-order valence-electron chi connectivity index (χ1n) is 10.2. The molecule has 28 heavy (non-hydrogen) atoms. The summed E-state index contributed by atoms with van der Waals surface area (Å²) in [7, 11) is 0. The first-order chi connectivity index (χ1) is 13.9. The first-order valence-corrected chi connectivity index (χ1v) is 10.2. The highest BCUT2D eigenvalue weighted by Gasteiger charge is 2.30. The summed E-state index contributed by atoms with van der Waals surface area (Å²) in [6.07, 6.45) is 8.10. The zero-order valence-electron chi connectivity index (χ0n) is 15.8. The number of aromatic nitrogens is 3. The van der Waals surface area contributed by atoms with Crippen LogP contribution >= 0.6 is 0 Å². The van der Waals surface area contributed by atoms with Crippen molar-refractivity contribution < 1.29 is 0 Å². The molecule has 0 amide bonds. The maximum absolute atomic E-state index is 5.03. The van der Waals surface area contributed by atoms with Crippen LogP contribution in [0.3, 0.4) is 0 Å². The number of hydrogen-bond acceptors (Lipinski definition) is 5. The van der Waals surface area contributed by atoms with E-state index in [4.69, 9.17) is 4.98 Å². The molecular formula is C23H25N5. The van der Waals surface area contributed by atoms with Gasteiger partial charge >= 0.3 is 0 Å². The van der Waals surface area contributed by atoms with Crippen LogP contribution < -0.4 is 10.6 Å². The number of nitrogens with one attached hydrogen (secondary N) is 2. The lowest BCUT2D eigenvalue weighted by molar-refractivity contribution is 0.535. The molecule has 2 aliphatic heterocycles. The van der Waals surface area contributed by atoms with Crippen molar-refractivity contribution in [1.29, 1.82) is 0 Å². The topological polar surface area (TPSA) is 62.7 Å². The maximum Gasteiger partial charge on any atom is 0.0577 e. The maximum atomic E-state index is 5.03. The zero-order chi connectivity index (χ0) is 18.8. The Bertz CT molecular complexity index is 842. The van der Waals surface area contributed by atoms with E-state index in [0.717, 1.165) is 48.5 Å². The molecule has 4 unspecified atom stereocenters.